The molecule has 1 aromatic rings. The summed E-state index contributed by atoms with van der Waals surface area (Å²) in [5, 5.41) is 4.20. The van der Waals surface area contributed by atoms with Gasteiger partial charge in [0.05, 0.1) is 0 Å². The fraction of sp³-hybridized carbons (Fsp3) is 0.667. The van der Waals surface area contributed by atoms with Crippen LogP contribution in [0, 0.1) is 11.8 Å². The van der Waals surface area contributed by atoms with E-state index in [9.17, 15) is 4.79 Å². The maximum absolute atomic E-state index is 12.8. The van der Waals surface area contributed by atoms with Gasteiger partial charge in [-0.1, -0.05) is 30.7 Å². The first-order valence-electron chi connectivity index (χ1n) is 10.1. The van der Waals surface area contributed by atoms with Gasteiger partial charge in [-0.25, -0.2) is 0 Å². The van der Waals surface area contributed by atoms with Crippen molar-refractivity contribution in [3.63, 3.8) is 0 Å². The first-order chi connectivity index (χ1) is 12.6. The smallest absolute Gasteiger partial charge is 0.222 e. The largest absolute Gasteiger partial charge is 0.341 e. The first-order valence-corrected chi connectivity index (χ1v) is 10.4. The number of halogens is 1. The van der Waals surface area contributed by atoms with Gasteiger partial charge in [-0.2, -0.15) is 0 Å². The Kier molecular flexibility index (Phi) is 7.35. The van der Waals surface area contributed by atoms with E-state index >= 15 is 0 Å². The van der Waals surface area contributed by atoms with Gasteiger partial charge < -0.3 is 10.2 Å². The number of nitrogens with zero attached hydrogens (tertiary/aromatic N) is 2. The molecule has 4 nitrogen and oxygen atoms in total. The molecule has 1 atom stereocenters. The number of hydrogen-bond donors (Lipinski definition) is 1. The Morgan fingerprint density at radius 3 is 2.62 bits per heavy atom. The summed E-state index contributed by atoms with van der Waals surface area (Å²) in [4.78, 5) is 17.3. The molecule has 0 spiro atoms. The van der Waals surface area contributed by atoms with Crippen molar-refractivity contribution < 1.29 is 4.79 Å². The molecule has 1 aromatic carbocycles. The van der Waals surface area contributed by atoms with Crippen LogP contribution in [-0.4, -0.2) is 55.0 Å². The van der Waals surface area contributed by atoms with Crippen LogP contribution in [0.25, 0.3) is 0 Å². The molecule has 0 radical (unpaired) electrons. The second kappa shape index (κ2) is 9.72. The van der Waals surface area contributed by atoms with Gasteiger partial charge in [0.15, 0.2) is 0 Å². The molecule has 0 aromatic heterocycles. The quantitative estimate of drug-likeness (QED) is 0.854. The standard InChI is InChI=1S/C21H32ClN3O/c1-17(19-7-9-23-10-8-19)15-21(26)25-12-2-11-24(13-14-25)16-18-3-5-20(22)6-4-18/h3-6,17,19,23H,2,7-16H2,1H3. The summed E-state index contributed by atoms with van der Waals surface area (Å²) in [5.41, 5.74) is 1.29. The van der Waals surface area contributed by atoms with Gasteiger partial charge in [-0.05, 0) is 61.9 Å². The molecule has 2 fully saturated rings. The molecule has 2 saturated heterocycles. The van der Waals surface area contributed by atoms with E-state index in [-0.39, 0.29) is 0 Å². The molecule has 5 heteroatoms. The van der Waals surface area contributed by atoms with Gasteiger partial charge in [0, 0.05) is 44.2 Å². The van der Waals surface area contributed by atoms with Gasteiger partial charge in [0.2, 0.25) is 5.91 Å². The molecule has 0 bridgehead atoms. The lowest BCUT2D eigenvalue weighted by molar-refractivity contribution is -0.132. The minimum Gasteiger partial charge on any atom is -0.341 e. The molecule has 2 heterocycles. The average molecular weight is 378 g/mol. The van der Waals surface area contributed by atoms with Crippen LogP contribution < -0.4 is 5.32 Å². The number of hydrogen-bond acceptors (Lipinski definition) is 3. The molecule has 144 valence electrons. The SMILES string of the molecule is CC(CC(=O)N1CCCN(Cc2ccc(Cl)cc2)CC1)C1CCNCC1. The molecule has 26 heavy (non-hydrogen) atoms. The van der Waals surface area contributed by atoms with Crippen molar-refractivity contribution >= 4 is 17.5 Å². The van der Waals surface area contributed by atoms with Crippen molar-refractivity contribution in [1.82, 2.24) is 15.1 Å². The molecular weight excluding hydrogens is 346 g/mol. The van der Waals surface area contributed by atoms with E-state index < -0.39 is 0 Å². The number of rotatable bonds is 5. The van der Waals surface area contributed by atoms with Crippen molar-refractivity contribution in [2.45, 2.75) is 39.2 Å². The summed E-state index contributed by atoms with van der Waals surface area (Å²) >= 11 is 5.97. The van der Waals surface area contributed by atoms with Gasteiger partial charge in [-0.15, -0.1) is 0 Å². The van der Waals surface area contributed by atoms with Gasteiger partial charge in [0.1, 0.15) is 0 Å². The average Bonchev–Trinajstić information content (AvgIpc) is 2.90. The van der Waals surface area contributed by atoms with Gasteiger partial charge in [-0.3, -0.25) is 9.69 Å². The number of nitrogens with one attached hydrogen (secondary N) is 1. The maximum atomic E-state index is 12.8. The van der Waals surface area contributed by atoms with Crippen LogP contribution in [-0.2, 0) is 11.3 Å². The third-order valence-corrected chi connectivity index (χ3v) is 6.20. The monoisotopic (exact) mass is 377 g/mol. The number of amides is 1. The fourth-order valence-electron chi connectivity index (χ4n) is 4.21. The van der Waals surface area contributed by atoms with Crippen LogP contribution >= 0.6 is 11.6 Å². The Morgan fingerprint density at radius 1 is 1.15 bits per heavy atom. The lowest BCUT2D eigenvalue weighted by Crippen LogP contribution is -2.37. The fourth-order valence-corrected chi connectivity index (χ4v) is 4.34. The number of piperidine rings is 1. The predicted molar refractivity (Wildman–Crippen MR) is 107 cm³/mol. The highest BCUT2D eigenvalue weighted by atomic mass is 35.5. The Labute approximate surface area is 162 Å². The molecule has 0 saturated carbocycles. The van der Waals surface area contributed by atoms with E-state index in [2.05, 4.69) is 34.2 Å². The topological polar surface area (TPSA) is 35.6 Å². The van der Waals surface area contributed by atoms with Crippen LogP contribution in [0.5, 0.6) is 0 Å². The molecule has 1 amide bonds. The molecular formula is C21H32ClN3O. The zero-order chi connectivity index (χ0) is 18.4. The minimum absolute atomic E-state index is 0.351. The van der Waals surface area contributed by atoms with E-state index in [0.717, 1.165) is 57.3 Å². The van der Waals surface area contributed by atoms with E-state index in [4.69, 9.17) is 11.6 Å². The van der Waals surface area contributed by atoms with Crippen LogP contribution in [0.1, 0.15) is 38.2 Å². The van der Waals surface area contributed by atoms with Crippen molar-refractivity contribution in [2.24, 2.45) is 11.8 Å². The number of benzene rings is 1. The molecule has 1 unspecified atom stereocenters. The second-order valence-corrected chi connectivity index (χ2v) is 8.34. The number of carbonyl (C=O) groups is 1. The van der Waals surface area contributed by atoms with Crippen molar-refractivity contribution in [1.29, 1.82) is 0 Å². The third-order valence-electron chi connectivity index (χ3n) is 5.95. The molecule has 1 N–H and O–H groups in total. The summed E-state index contributed by atoms with van der Waals surface area (Å²) < 4.78 is 0. The summed E-state index contributed by atoms with van der Waals surface area (Å²) in [6, 6.07) is 8.09. The van der Waals surface area contributed by atoms with Gasteiger partial charge in [0.25, 0.3) is 0 Å². The van der Waals surface area contributed by atoms with Crippen LogP contribution in [0.3, 0.4) is 0 Å². The lowest BCUT2D eigenvalue weighted by atomic mass is 9.84. The lowest BCUT2D eigenvalue weighted by Gasteiger charge is -2.30. The van der Waals surface area contributed by atoms with Crippen molar-refractivity contribution in [3.05, 3.63) is 34.9 Å². The normalized spacial score (nSPS) is 21.4. The van der Waals surface area contributed by atoms with Crippen molar-refractivity contribution in [2.75, 3.05) is 39.3 Å². The summed E-state index contributed by atoms with van der Waals surface area (Å²) in [6.07, 6.45) is 4.19. The second-order valence-electron chi connectivity index (χ2n) is 7.91. The zero-order valence-electron chi connectivity index (χ0n) is 15.9. The molecule has 3 rings (SSSR count). The Hall–Kier alpha value is -1.10. The summed E-state index contributed by atoms with van der Waals surface area (Å²) in [5.74, 6) is 1.55. The Morgan fingerprint density at radius 2 is 1.88 bits per heavy atom. The van der Waals surface area contributed by atoms with E-state index in [0.29, 0.717) is 24.2 Å². The first kappa shape index (κ1) is 19.7. The number of carbonyl (C=O) groups excluding carboxylic acids is 1. The highest BCUT2D eigenvalue weighted by Gasteiger charge is 2.25. The summed E-state index contributed by atoms with van der Waals surface area (Å²) in [6.45, 7) is 9.16. The highest BCUT2D eigenvalue weighted by Crippen LogP contribution is 2.25. The van der Waals surface area contributed by atoms with Gasteiger partial charge >= 0.3 is 0 Å². The van der Waals surface area contributed by atoms with Crippen LogP contribution in [0.2, 0.25) is 5.02 Å². The highest BCUT2D eigenvalue weighted by molar-refractivity contribution is 6.30. The van der Waals surface area contributed by atoms with E-state index in [1.807, 2.05) is 12.1 Å². The van der Waals surface area contributed by atoms with Crippen LogP contribution in [0.15, 0.2) is 24.3 Å². The molecule has 0 aliphatic carbocycles. The van der Waals surface area contributed by atoms with E-state index in [1.165, 1.54) is 18.4 Å². The zero-order valence-corrected chi connectivity index (χ0v) is 16.7. The van der Waals surface area contributed by atoms with Crippen LogP contribution in [0.4, 0.5) is 0 Å². The minimum atomic E-state index is 0.351. The third kappa shape index (κ3) is 5.70. The maximum Gasteiger partial charge on any atom is 0.222 e. The predicted octanol–water partition coefficient (Wildman–Crippen LogP) is 3.40. The van der Waals surface area contributed by atoms with Crippen molar-refractivity contribution in [3.8, 4) is 0 Å². The molecule has 2 aliphatic heterocycles. The summed E-state index contributed by atoms with van der Waals surface area (Å²) in [7, 11) is 0. The Bertz CT molecular complexity index is 571. The Balaban J connectivity index is 1.46. The molecule has 2 aliphatic rings. The van der Waals surface area contributed by atoms with E-state index in [1.54, 1.807) is 0 Å².